The van der Waals surface area contributed by atoms with Gasteiger partial charge in [0.25, 0.3) is 0 Å². The molecule has 0 aromatic carbocycles. The van der Waals surface area contributed by atoms with E-state index in [9.17, 15) is 0 Å². The lowest BCUT2D eigenvalue weighted by molar-refractivity contribution is 0.349. The summed E-state index contributed by atoms with van der Waals surface area (Å²) in [5, 5.41) is 9.59. The summed E-state index contributed by atoms with van der Waals surface area (Å²) in [5.74, 6) is 1.52. The van der Waals surface area contributed by atoms with Crippen LogP contribution in [0.3, 0.4) is 0 Å². The van der Waals surface area contributed by atoms with Gasteiger partial charge >= 0.3 is 0 Å². The van der Waals surface area contributed by atoms with Crippen LogP contribution in [-0.2, 0) is 12.8 Å². The molecule has 5 heteroatoms. The molecule has 0 saturated heterocycles. The molecule has 0 spiro atoms. The molecule has 0 bridgehead atoms. The zero-order valence-electron chi connectivity index (χ0n) is 11.6. The summed E-state index contributed by atoms with van der Waals surface area (Å²) in [6, 6.07) is 4.58. The van der Waals surface area contributed by atoms with Crippen molar-refractivity contribution in [3.05, 3.63) is 34.1 Å². The van der Waals surface area contributed by atoms with E-state index in [1.807, 2.05) is 6.07 Å². The summed E-state index contributed by atoms with van der Waals surface area (Å²) in [6.07, 6.45) is 3.88. The zero-order valence-corrected chi connectivity index (χ0v) is 12.4. The van der Waals surface area contributed by atoms with Gasteiger partial charge in [0.1, 0.15) is 0 Å². The third kappa shape index (κ3) is 4.44. The van der Waals surface area contributed by atoms with Crippen molar-refractivity contribution in [1.29, 1.82) is 0 Å². The van der Waals surface area contributed by atoms with Gasteiger partial charge < -0.3 is 9.84 Å². The van der Waals surface area contributed by atoms with Crippen LogP contribution in [0.5, 0.6) is 0 Å². The number of likely N-dealkylation sites (N-methyl/N-ethyl adjacent to an activating group) is 1. The number of hydrogen-bond acceptors (Lipinski definition) is 5. The van der Waals surface area contributed by atoms with Crippen LogP contribution in [0.25, 0.3) is 0 Å². The van der Waals surface area contributed by atoms with E-state index in [0.717, 1.165) is 43.9 Å². The maximum Gasteiger partial charge on any atom is 0.228 e. The number of rotatable bonds is 8. The van der Waals surface area contributed by atoms with Gasteiger partial charge in [0.2, 0.25) is 5.89 Å². The maximum atomic E-state index is 5.34. The SMILES string of the molecule is CCCC(Cc1nc(Cc2cccs2)no1)NCC. The fraction of sp³-hybridized carbons (Fsp3) is 0.571. The molecule has 2 heterocycles. The predicted molar refractivity (Wildman–Crippen MR) is 77.5 cm³/mol. The summed E-state index contributed by atoms with van der Waals surface area (Å²) in [7, 11) is 0. The van der Waals surface area contributed by atoms with Crippen LogP contribution in [0.4, 0.5) is 0 Å². The monoisotopic (exact) mass is 279 g/mol. The summed E-state index contributed by atoms with van der Waals surface area (Å²) < 4.78 is 5.34. The smallest absolute Gasteiger partial charge is 0.228 e. The van der Waals surface area contributed by atoms with Crippen LogP contribution in [0.1, 0.15) is 43.3 Å². The Kier molecular flexibility index (Phi) is 5.54. The highest BCUT2D eigenvalue weighted by atomic mass is 32.1. The highest BCUT2D eigenvalue weighted by molar-refractivity contribution is 7.09. The molecule has 1 unspecified atom stereocenters. The van der Waals surface area contributed by atoms with Gasteiger partial charge in [0.05, 0.1) is 0 Å². The first-order valence-corrected chi connectivity index (χ1v) is 7.77. The zero-order chi connectivity index (χ0) is 13.5. The van der Waals surface area contributed by atoms with Crippen molar-refractivity contribution in [3.8, 4) is 0 Å². The second kappa shape index (κ2) is 7.40. The van der Waals surface area contributed by atoms with Crippen molar-refractivity contribution >= 4 is 11.3 Å². The van der Waals surface area contributed by atoms with Gasteiger partial charge in [0.15, 0.2) is 5.82 Å². The molecule has 104 valence electrons. The molecule has 0 amide bonds. The molecular formula is C14H21N3OS. The average Bonchev–Trinajstić information content (AvgIpc) is 3.03. The van der Waals surface area contributed by atoms with E-state index < -0.39 is 0 Å². The molecular weight excluding hydrogens is 258 g/mol. The summed E-state index contributed by atoms with van der Waals surface area (Å²) in [5.41, 5.74) is 0. The third-order valence-electron chi connectivity index (χ3n) is 2.97. The lowest BCUT2D eigenvalue weighted by atomic mass is 10.1. The second-order valence-electron chi connectivity index (χ2n) is 4.61. The number of nitrogens with one attached hydrogen (secondary N) is 1. The minimum atomic E-state index is 0.435. The van der Waals surface area contributed by atoms with Crippen molar-refractivity contribution in [1.82, 2.24) is 15.5 Å². The van der Waals surface area contributed by atoms with E-state index >= 15 is 0 Å². The summed E-state index contributed by atoms with van der Waals surface area (Å²) >= 11 is 1.72. The number of aromatic nitrogens is 2. The van der Waals surface area contributed by atoms with Gasteiger partial charge in [0, 0.05) is 23.8 Å². The maximum absolute atomic E-state index is 5.34. The lowest BCUT2D eigenvalue weighted by Crippen LogP contribution is -2.30. The molecule has 0 saturated carbocycles. The van der Waals surface area contributed by atoms with Gasteiger partial charge in [-0.1, -0.05) is 31.5 Å². The highest BCUT2D eigenvalue weighted by Gasteiger charge is 2.13. The van der Waals surface area contributed by atoms with E-state index in [2.05, 4.69) is 40.8 Å². The topological polar surface area (TPSA) is 51.0 Å². The molecule has 0 aliphatic heterocycles. The van der Waals surface area contributed by atoms with E-state index in [1.54, 1.807) is 11.3 Å². The van der Waals surface area contributed by atoms with E-state index in [1.165, 1.54) is 4.88 Å². The Labute approximate surface area is 118 Å². The Morgan fingerprint density at radius 1 is 1.42 bits per heavy atom. The number of hydrogen-bond donors (Lipinski definition) is 1. The van der Waals surface area contributed by atoms with Gasteiger partial charge in [-0.3, -0.25) is 0 Å². The Bertz CT molecular complexity index is 461. The molecule has 4 nitrogen and oxygen atoms in total. The number of nitrogens with zero attached hydrogens (tertiary/aromatic N) is 2. The second-order valence-corrected chi connectivity index (χ2v) is 5.64. The molecule has 0 radical (unpaired) electrons. The molecule has 19 heavy (non-hydrogen) atoms. The first-order chi connectivity index (χ1) is 9.31. The molecule has 1 N–H and O–H groups in total. The molecule has 1 atom stereocenters. The van der Waals surface area contributed by atoms with Crippen LogP contribution < -0.4 is 5.32 Å². The van der Waals surface area contributed by atoms with Crippen LogP contribution in [-0.4, -0.2) is 22.7 Å². The predicted octanol–water partition coefficient (Wildman–Crippen LogP) is 3.04. The van der Waals surface area contributed by atoms with E-state index in [0.29, 0.717) is 6.04 Å². The molecule has 0 aliphatic rings. The minimum absolute atomic E-state index is 0.435. The average molecular weight is 279 g/mol. The van der Waals surface area contributed by atoms with Crippen molar-refractivity contribution in [2.75, 3.05) is 6.54 Å². The normalized spacial score (nSPS) is 12.7. The molecule has 2 rings (SSSR count). The van der Waals surface area contributed by atoms with Crippen molar-refractivity contribution in [2.24, 2.45) is 0 Å². The first kappa shape index (κ1) is 14.2. The Hall–Kier alpha value is -1.20. The van der Waals surface area contributed by atoms with Crippen LogP contribution >= 0.6 is 11.3 Å². The van der Waals surface area contributed by atoms with Crippen LogP contribution in [0.15, 0.2) is 22.0 Å². The quantitative estimate of drug-likeness (QED) is 0.807. The van der Waals surface area contributed by atoms with Crippen molar-refractivity contribution in [2.45, 2.75) is 45.6 Å². The van der Waals surface area contributed by atoms with Gasteiger partial charge in [-0.2, -0.15) is 4.98 Å². The van der Waals surface area contributed by atoms with E-state index in [4.69, 9.17) is 4.52 Å². The first-order valence-electron chi connectivity index (χ1n) is 6.89. The van der Waals surface area contributed by atoms with Gasteiger partial charge in [-0.05, 0) is 24.4 Å². The summed E-state index contributed by atoms with van der Waals surface area (Å²) in [4.78, 5) is 5.75. The Balaban J connectivity index is 1.92. The largest absolute Gasteiger partial charge is 0.339 e. The van der Waals surface area contributed by atoms with Gasteiger partial charge in [-0.15, -0.1) is 11.3 Å². The summed E-state index contributed by atoms with van der Waals surface area (Å²) in [6.45, 7) is 5.29. The standard InChI is InChI=1S/C14H21N3OS/c1-3-6-11(15-4-2)9-14-16-13(17-18-14)10-12-7-5-8-19-12/h5,7-8,11,15H,3-4,6,9-10H2,1-2H3. The highest BCUT2D eigenvalue weighted by Crippen LogP contribution is 2.13. The molecule has 2 aromatic heterocycles. The lowest BCUT2D eigenvalue weighted by Gasteiger charge is -2.14. The fourth-order valence-electron chi connectivity index (χ4n) is 2.14. The third-order valence-corrected chi connectivity index (χ3v) is 3.85. The Morgan fingerprint density at radius 3 is 3.00 bits per heavy atom. The Morgan fingerprint density at radius 2 is 2.32 bits per heavy atom. The molecule has 2 aromatic rings. The molecule has 0 aliphatic carbocycles. The van der Waals surface area contributed by atoms with Crippen LogP contribution in [0.2, 0.25) is 0 Å². The fourth-order valence-corrected chi connectivity index (χ4v) is 2.84. The van der Waals surface area contributed by atoms with E-state index in [-0.39, 0.29) is 0 Å². The number of thiophene rings is 1. The molecule has 0 fully saturated rings. The van der Waals surface area contributed by atoms with Crippen molar-refractivity contribution < 1.29 is 4.52 Å². The van der Waals surface area contributed by atoms with Crippen LogP contribution in [0, 0.1) is 0 Å². The van der Waals surface area contributed by atoms with Crippen molar-refractivity contribution in [3.63, 3.8) is 0 Å². The van der Waals surface area contributed by atoms with Gasteiger partial charge in [-0.25, -0.2) is 0 Å². The minimum Gasteiger partial charge on any atom is -0.339 e.